The first-order chi connectivity index (χ1) is 13.6. The van der Waals surface area contributed by atoms with Crippen molar-refractivity contribution in [1.29, 1.82) is 0 Å². The van der Waals surface area contributed by atoms with Gasteiger partial charge < -0.3 is 19.5 Å². The van der Waals surface area contributed by atoms with Crippen molar-refractivity contribution in [2.45, 2.75) is 0 Å². The second kappa shape index (κ2) is 7.39. The van der Waals surface area contributed by atoms with Crippen molar-refractivity contribution in [3.05, 3.63) is 58.8 Å². The van der Waals surface area contributed by atoms with Crippen LogP contribution in [-0.4, -0.2) is 35.6 Å². The van der Waals surface area contributed by atoms with Crippen molar-refractivity contribution >= 4 is 28.2 Å². The van der Waals surface area contributed by atoms with Gasteiger partial charge in [0.25, 0.3) is 11.6 Å². The molecule has 1 aliphatic rings. The highest BCUT2D eigenvalue weighted by Gasteiger charge is 2.17. The fourth-order valence-electron chi connectivity index (χ4n) is 2.87. The Morgan fingerprint density at radius 2 is 2.00 bits per heavy atom. The van der Waals surface area contributed by atoms with E-state index >= 15 is 0 Å². The van der Waals surface area contributed by atoms with E-state index in [0.29, 0.717) is 47.1 Å². The molecule has 9 nitrogen and oxygen atoms in total. The smallest absolute Gasteiger partial charge is 0.279 e. The molecule has 1 amide bonds. The number of pyridine rings is 1. The van der Waals surface area contributed by atoms with E-state index in [0.717, 1.165) is 0 Å². The number of aromatic nitrogens is 1. The third-order valence-corrected chi connectivity index (χ3v) is 4.09. The van der Waals surface area contributed by atoms with Crippen LogP contribution in [0, 0.1) is 10.1 Å². The molecule has 0 saturated heterocycles. The molecule has 0 atom stereocenters. The number of amides is 1. The standard InChI is InChI=1S/C19H15N3O6/c23-18(21-12-3-5-15-17(10-12)27-9-8-26-15)11-28-16-6-4-14(22(24)25)13-2-1-7-20-19(13)16/h1-7,10H,8-9,11H2,(H,21,23). The van der Waals surface area contributed by atoms with Crippen molar-refractivity contribution in [3.8, 4) is 17.2 Å². The number of benzene rings is 2. The summed E-state index contributed by atoms with van der Waals surface area (Å²) in [4.78, 5) is 27.0. The minimum absolute atomic E-state index is 0.0730. The molecule has 1 aromatic heterocycles. The zero-order valence-electron chi connectivity index (χ0n) is 14.6. The van der Waals surface area contributed by atoms with Crippen LogP contribution >= 0.6 is 0 Å². The number of nitrogens with one attached hydrogen (secondary N) is 1. The fourth-order valence-corrected chi connectivity index (χ4v) is 2.87. The Kier molecular flexibility index (Phi) is 4.63. The lowest BCUT2D eigenvalue weighted by atomic mass is 10.1. The summed E-state index contributed by atoms with van der Waals surface area (Å²) in [7, 11) is 0. The van der Waals surface area contributed by atoms with Crippen molar-refractivity contribution < 1.29 is 23.9 Å². The number of nitro groups is 1. The Hall–Kier alpha value is -3.88. The lowest BCUT2D eigenvalue weighted by Crippen LogP contribution is -2.21. The normalized spacial score (nSPS) is 12.4. The first-order valence-electron chi connectivity index (χ1n) is 8.46. The summed E-state index contributed by atoms with van der Waals surface area (Å²) in [5.74, 6) is 1.09. The van der Waals surface area contributed by atoms with Gasteiger partial charge >= 0.3 is 0 Å². The van der Waals surface area contributed by atoms with Gasteiger partial charge in [0.05, 0.1) is 10.3 Å². The van der Waals surface area contributed by atoms with Gasteiger partial charge in [-0.15, -0.1) is 0 Å². The fraction of sp³-hybridized carbons (Fsp3) is 0.158. The van der Waals surface area contributed by atoms with Crippen LogP contribution < -0.4 is 19.5 Å². The van der Waals surface area contributed by atoms with Gasteiger partial charge in [-0.25, -0.2) is 0 Å². The molecule has 3 aromatic rings. The molecular weight excluding hydrogens is 366 g/mol. The number of non-ortho nitro benzene ring substituents is 1. The Labute approximate surface area is 159 Å². The Morgan fingerprint density at radius 3 is 2.82 bits per heavy atom. The molecule has 1 N–H and O–H groups in total. The first kappa shape index (κ1) is 17.5. The average Bonchev–Trinajstić information content (AvgIpc) is 2.71. The van der Waals surface area contributed by atoms with Gasteiger partial charge in [0.2, 0.25) is 0 Å². The van der Waals surface area contributed by atoms with Crippen molar-refractivity contribution in [2.24, 2.45) is 0 Å². The number of ether oxygens (including phenoxy) is 3. The third kappa shape index (κ3) is 3.50. The lowest BCUT2D eigenvalue weighted by molar-refractivity contribution is -0.383. The van der Waals surface area contributed by atoms with Crippen molar-refractivity contribution in [1.82, 2.24) is 4.98 Å². The van der Waals surface area contributed by atoms with Crippen molar-refractivity contribution in [2.75, 3.05) is 25.1 Å². The van der Waals surface area contributed by atoms with Crippen LogP contribution in [0.4, 0.5) is 11.4 Å². The summed E-state index contributed by atoms with van der Waals surface area (Å²) in [5, 5.41) is 14.2. The van der Waals surface area contributed by atoms with E-state index in [9.17, 15) is 14.9 Å². The third-order valence-electron chi connectivity index (χ3n) is 4.09. The molecule has 0 fully saturated rings. The monoisotopic (exact) mass is 381 g/mol. The maximum absolute atomic E-state index is 12.2. The quantitative estimate of drug-likeness (QED) is 0.534. The van der Waals surface area contributed by atoms with E-state index in [1.807, 2.05) is 0 Å². The van der Waals surface area contributed by atoms with Gasteiger partial charge in [0.1, 0.15) is 24.5 Å². The van der Waals surface area contributed by atoms with E-state index in [2.05, 4.69) is 10.3 Å². The van der Waals surface area contributed by atoms with Gasteiger partial charge in [-0.05, 0) is 30.3 Å². The minimum Gasteiger partial charge on any atom is -0.486 e. The summed E-state index contributed by atoms with van der Waals surface area (Å²) in [6.45, 7) is 0.662. The number of hydrogen-bond acceptors (Lipinski definition) is 7. The Morgan fingerprint density at radius 1 is 1.18 bits per heavy atom. The number of anilines is 1. The number of hydrogen-bond donors (Lipinski definition) is 1. The Balaban J connectivity index is 1.47. The van der Waals surface area contributed by atoms with Crippen molar-refractivity contribution in [3.63, 3.8) is 0 Å². The van der Waals surface area contributed by atoms with Crippen LogP contribution in [0.25, 0.3) is 10.9 Å². The highest BCUT2D eigenvalue weighted by Crippen LogP contribution is 2.33. The van der Waals surface area contributed by atoms with E-state index in [1.165, 1.54) is 18.3 Å². The number of rotatable bonds is 5. The second-order valence-electron chi connectivity index (χ2n) is 5.93. The first-order valence-corrected chi connectivity index (χ1v) is 8.46. The van der Waals surface area contributed by atoms with Gasteiger partial charge in [0, 0.05) is 24.0 Å². The van der Waals surface area contributed by atoms with Gasteiger partial charge in [-0.1, -0.05) is 0 Å². The van der Waals surface area contributed by atoms with Crippen LogP contribution in [0.3, 0.4) is 0 Å². The van der Waals surface area contributed by atoms with Crippen LogP contribution in [0.5, 0.6) is 17.2 Å². The molecule has 0 spiro atoms. The summed E-state index contributed by atoms with van der Waals surface area (Å²) in [5.41, 5.74) is 0.796. The molecule has 2 heterocycles. The molecule has 9 heteroatoms. The van der Waals surface area contributed by atoms with Gasteiger partial charge in [-0.2, -0.15) is 0 Å². The maximum atomic E-state index is 12.2. The molecular formula is C19H15N3O6. The predicted molar refractivity (Wildman–Crippen MR) is 100.0 cm³/mol. The van der Waals surface area contributed by atoms with Gasteiger partial charge in [-0.3, -0.25) is 19.9 Å². The molecule has 0 saturated carbocycles. The molecule has 1 aliphatic heterocycles. The van der Waals surface area contributed by atoms with Crippen LogP contribution in [-0.2, 0) is 4.79 Å². The van der Waals surface area contributed by atoms with Gasteiger partial charge in [0.15, 0.2) is 18.1 Å². The highest BCUT2D eigenvalue weighted by molar-refractivity contribution is 5.94. The number of fused-ring (bicyclic) bond motifs is 2. The summed E-state index contributed by atoms with van der Waals surface area (Å²) in [6.07, 6.45) is 1.51. The van der Waals surface area contributed by atoms with E-state index in [1.54, 1.807) is 30.3 Å². The molecule has 4 rings (SSSR count). The number of nitrogens with zero attached hydrogens (tertiary/aromatic N) is 2. The zero-order valence-corrected chi connectivity index (χ0v) is 14.6. The average molecular weight is 381 g/mol. The summed E-state index contributed by atoms with van der Waals surface area (Å²) < 4.78 is 16.5. The molecule has 0 aliphatic carbocycles. The molecule has 142 valence electrons. The SMILES string of the molecule is O=C(COc1ccc([N+](=O)[O-])c2cccnc12)Nc1ccc2c(c1)OCCO2. The largest absolute Gasteiger partial charge is 0.486 e. The molecule has 28 heavy (non-hydrogen) atoms. The van der Waals surface area contributed by atoms with Crippen LogP contribution in [0.2, 0.25) is 0 Å². The molecule has 0 bridgehead atoms. The summed E-state index contributed by atoms with van der Waals surface area (Å²) in [6, 6.07) is 11.1. The second-order valence-corrected chi connectivity index (χ2v) is 5.93. The number of carbonyl (C=O) groups excluding carboxylic acids is 1. The lowest BCUT2D eigenvalue weighted by Gasteiger charge is -2.19. The van der Waals surface area contributed by atoms with E-state index < -0.39 is 4.92 Å². The van der Waals surface area contributed by atoms with Crippen LogP contribution in [0.15, 0.2) is 48.7 Å². The van der Waals surface area contributed by atoms with Crippen LogP contribution in [0.1, 0.15) is 0 Å². The molecule has 0 unspecified atom stereocenters. The topological polar surface area (TPSA) is 113 Å². The minimum atomic E-state index is -0.484. The Bertz CT molecular complexity index is 1070. The molecule has 0 radical (unpaired) electrons. The highest BCUT2D eigenvalue weighted by atomic mass is 16.6. The zero-order chi connectivity index (χ0) is 19.5. The predicted octanol–water partition coefficient (Wildman–Crippen LogP) is 2.93. The molecule has 2 aromatic carbocycles. The van der Waals surface area contributed by atoms with E-state index in [-0.39, 0.29) is 18.2 Å². The number of nitro benzene ring substituents is 1. The summed E-state index contributed by atoms with van der Waals surface area (Å²) >= 11 is 0. The van der Waals surface area contributed by atoms with E-state index in [4.69, 9.17) is 14.2 Å². The number of carbonyl (C=O) groups is 1. The maximum Gasteiger partial charge on any atom is 0.279 e.